The minimum absolute atomic E-state index is 0.210. The van der Waals surface area contributed by atoms with Gasteiger partial charge >= 0.3 is 0 Å². The van der Waals surface area contributed by atoms with E-state index in [-0.39, 0.29) is 10.6 Å². The second kappa shape index (κ2) is 6.14. The molecule has 0 saturated carbocycles. The molecule has 3 heterocycles. The average Bonchev–Trinajstić information content (AvgIpc) is 2.54. The molecule has 0 aromatic carbocycles. The van der Waals surface area contributed by atoms with E-state index in [1.165, 1.54) is 4.68 Å². The van der Waals surface area contributed by atoms with Gasteiger partial charge in [-0.25, -0.2) is 9.67 Å². The van der Waals surface area contributed by atoms with Crippen molar-refractivity contribution >= 4 is 34.7 Å². The van der Waals surface area contributed by atoms with E-state index in [4.69, 9.17) is 23.2 Å². The Labute approximate surface area is 137 Å². The molecule has 0 unspecified atom stereocenters. The highest BCUT2D eigenvalue weighted by atomic mass is 35.5. The van der Waals surface area contributed by atoms with Crippen LogP contribution >= 0.6 is 23.2 Å². The molecule has 1 fully saturated rings. The lowest BCUT2D eigenvalue weighted by Crippen LogP contribution is -2.47. The fourth-order valence-electron chi connectivity index (χ4n) is 2.49. The van der Waals surface area contributed by atoms with Gasteiger partial charge in [0.2, 0.25) is 0 Å². The van der Waals surface area contributed by atoms with E-state index in [9.17, 15) is 4.79 Å². The molecular weight excluding hydrogens is 325 g/mol. The highest BCUT2D eigenvalue weighted by Crippen LogP contribution is 2.26. The minimum Gasteiger partial charge on any atom is -0.365 e. The first kappa shape index (κ1) is 15.1. The van der Waals surface area contributed by atoms with E-state index >= 15 is 0 Å². The number of aryl methyl sites for hydroxylation is 1. The smallest absolute Gasteiger partial charge is 0.287 e. The molecule has 1 aliphatic heterocycles. The van der Waals surface area contributed by atoms with Crippen molar-refractivity contribution in [1.82, 2.24) is 14.8 Å². The highest BCUT2D eigenvalue weighted by molar-refractivity contribution is 6.33. The molecule has 0 amide bonds. The van der Waals surface area contributed by atoms with Gasteiger partial charge in [0.05, 0.1) is 16.9 Å². The lowest BCUT2D eigenvalue weighted by molar-refractivity contribution is 0.638. The van der Waals surface area contributed by atoms with Crippen molar-refractivity contribution in [2.24, 2.45) is 7.05 Å². The fourth-order valence-corrected chi connectivity index (χ4v) is 3.02. The second-order valence-corrected chi connectivity index (χ2v) is 5.84. The quantitative estimate of drug-likeness (QED) is 0.835. The maximum absolute atomic E-state index is 11.9. The third-order valence-corrected chi connectivity index (χ3v) is 4.37. The number of piperazine rings is 1. The summed E-state index contributed by atoms with van der Waals surface area (Å²) in [5.74, 6) is 0.789. The van der Waals surface area contributed by atoms with Gasteiger partial charge in [-0.2, -0.15) is 5.10 Å². The maximum Gasteiger partial charge on any atom is 0.287 e. The molecule has 2 aromatic heterocycles. The van der Waals surface area contributed by atoms with Crippen molar-refractivity contribution in [1.29, 1.82) is 0 Å². The Morgan fingerprint density at radius 3 is 2.50 bits per heavy atom. The molecule has 0 radical (unpaired) electrons. The second-order valence-electron chi connectivity index (χ2n) is 5.06. The van der Waals surface area contributed by atoms with Crippen LogP contribution in [0.5, 0.6) is 0 Å². The lowest BCUT2D eigenvalue weighted by atomic mass is 10.2. The third kappa shape index (κ3) is 2.76. The van der Waals surface area contributed by atoms with Crippen LogP contribution in [0.15, 0.2) is 29.3 Å². The Balaban J connectivity index is 1.76. The number of hydrogen-bond acceptors (Lipinski definition) is 5. The number of rotatable bonds is 2. The van der Waals surface area contributed by atoms with Gasteiger partial charge in [-0.15, -0.1) is 0 Å². The van der Waals surface area contributed by atoms with Crippen molar-refractivity contribution in [3.05, 3.63) is 44.9 Å². The zero-order valence-electron chi connectivity index (χ0n) is 12.0. The Bertz CT molecular complexity index is 740. The van der Waals surface area contributed by atoms with Crippen molar-refractivity contribution in [2.45, 2.75) is 0 Å². The SMILES string of the molecule is Cn1ncc(N2CCN(c3ncccc3Cl)CC2)c(Cl)c1=O. The Morgan fingerprint density at radius 1 is 1.14 bits per heavy atom. The van der Waals surface area contributed by atoms with Crippen LogP contribution in [0.3, 0.4) is 0 Å². The zero-order chi connectivity index (χ0) is 15.7. The number of pyridine rings is 1. The van der Waals surface area contributed by atoms with Gasteiger partial charge in [-0.1, -0.05) is 23.2 Å². The summed E-state index contributed by atoms with van der Waals surface area (Å²) in [6.45, 7) is 2.95. The molecule has 116 valence electrons. The van der Waals surface area contributed by atoms with Crippen LogP contribution in [-0.4, -0.2) is 40.9 Å². The Morgan fingerprint density at radius 2 is 1.82 bits per heavy atom. The number of aromatic nitrogens is 3. The molecule has 1 saturated heterocycles. The van der Waals surface area contributed by atoms with Crippen LogP contribution in [0.2, 0.25) is 10.0 Å². The number of halogens is 2. The first-order valence-corrected chi connectivity index (χ1v) is 7.65. The first-order chi connectivity index (χ1) is 10.6. The van der Waals surface area contributed by atoms with E-state index in [2.05, 4.69) is 19.9 Å². The lowest BCUT2D eigenvalue weighted by Gasteiger charge is -2.37. The molecular formula is C14H15Cl2N5O. The summed E-state index contributed by atoms with van der Waals surface area (Å²) in [5.41, 5.74) is 0.394. The molecule has 22 heavy (non-hydrogen) atoms. The van der Waals surface area contributed by atoms with E-state index in [0.717, 1.165) is 32.0 Å². The minimum atomic E-state index is -0.283. The van der Waals surface area contributed by atoms with Gasteiger partial charge in [0.25, 0.3) is 5.56 Å². The topological polar surface area (TPSA) is 54.3 Å². The summed E-state index contributed by atoms with van der Waals surface area (Å²) >= 11 is 12.3. The van der Waals surface area contributed by atoms with Crippen LogP contribution in [0.4, 0.5) is 11.5 Å². The van der Waals surface area contributed by atoms with Crippen LogP contribution in [0, 0.1) is 0 Å². The third-order valence-electron chi connectivity index (χ3n) is 3.72. The highest BCUT2D eigenvalue weighted by Gasteiger charge is 2.22. The standard InChI is InChI=1S/C14H15Cl2N5O/c1-19-14(22)12(16)11(9-18-19)20-5-7-21(8-6-20)13-10(15)3-2-4-17-13/h2-4,9H,5-8H2,1H3. The molecule has 3 rings (SSSR count). The van der Waals surface area contributed by atoms with Gasteiger partial charge in [0.1, 0.15) is 10.8 Å². The van der Waals surface area contributed by atoms with Crippen LogP contribution in [0.25, 0.3) is 0 Å². The zero-order valence-corrected chi connectivity index (χ0v) is 13.5. The van der Waals surface area contributed by atoms with E-state index < -0.39 is 0 Å². The molecule has 6 nitrogen and oxygen atoms in total. The molecule has 0 N–H and O–H groups in total. The largest absolute Gasteiger partial charge is 0.365 e. The van der Waals surface area contributed by atoms with Gasteiger partial charge in [-0.05, 0) is 12.1 Å². The maximum atomic E-state index is 11.9. The van der Waals surface area contributed by atoms with Gasteiger partial charge in [-0.3, -0.25) is 4.79 Å². The summed E-state index contributed by atoms with van der Waals surface area (Å²) in [6.07, 6.45) is 3.36. The monoisotopic (exact) mass is 339 g/mol. The summed E-state index contributed by atoms with van der Waals surface area (Å²) in [6, 6.07) is 3.64. The number of hydrogen-bond donors (Lipinski definition) is 0. The molecule has 0 aliphatic carbocycles. The Hall–Kier alpha value is -1.79. The van der Waals surface area contributed by atoms with Crippen molar-refractivity contribution in [3.63, 3.8) is 0 Å². The van der Waals surface area contributed by atoms with Gasteiger partial charge < -0.3 is 9.80 Å². The van der Waals surface area contributed by atoms with E-state index in [1.54, 1.807) is 19.4 Å². The van der Waals surface area contributed by atoms with Crippen LogP contribution < -0.4 is 15.4 Å². The van der Waals surface area contributed by atoms with Gasteiger partial charge in [0.15, 0.2) is 0 Å². The summed E-state index contributed by atoms with van der Waals surface area (Å²) < 4.78 is 1.23. The summed E-state index contributed by atoms with van der Waals surface area (Å²) in [4.78, 5) is 20.4. The fraction of sp³-hybridized carbons (Fsp3) is 0.357. The van der Waals surface area contributed by atoms with Crippen molar-refractivity contribution in [2.75, 3.05) is 36.0 Å². The molecule has 1 aliphatic rings. The molecule has 0 bridgehead atoms. The van der Waals surface area contributed by atoms with E-state index in [0.29, 0.717) is 10.7 Å². The summed E-state index contributed by atoms with van der Waals surface area (Å²) in [5, 5.41) is 4.89. The van der Waals surface area contributed by atoms with Crippen molar-refractivity contribution < 1.29 is 0 Å². The molecule has 2 aromatic rings. The predicted molar refractivity (Wildman–Crippen MR) is 88.2 cm³/mol. The first-order valence-electron chi connectivity index (χ1n) is 6.90. The van der Waals surface area contributed by atoms with Gasteiger partial charge in [0, 0.05) is 39.4 Å². The predicted octanol–water partition coefficient (Wildman–Crippen LogP) is 1.81. The summed E-state index contributed by atoms with van der Waals surface area (Å²) in [7, 11) is 1.58. The van der Waals surface area contributed by atoms with Crippen LogP contribution in [-0.2, 0) is 7.05 Å². The van der Waals surface area contributed by atoms with E-state index in [1.807, 2.05) is 12.1 Å². The molecule has 8 heteroatoms. The average molecular weight is 340 g/mol. The van der Waals surface area contributed by atoms with Crippen LogP contribution in [0.1, 0.15) is 0 Å². The number of anilines is 2. The number of nitrogens with zero attached hydrogens (tertiary/aromatic N) is 5. The molecule has 0 spiro atoms. The molecule has 0 atom stereocenters. The normalized spacial score (nSPS) is 15.2. The Kier molecular flexibility index (Phi) is 4.22. The van der Waals surface area contributed by atoms with Crippen molar-refractivity contribution in [3.8, 4) is 0 Å².